The number of hydrogen-bond donors (Lipinski definition) is 0. The van der Waals surface area contributed by atoms with Crippen LogP contribution in [0.2, 0.25) is 0 Å². The Bertz CT molecular complexity index is 1340. The molecular weight excluding hydrogens is 925 g/mol. The third-order valence-corrected chi connectivity index (χ3v) is 14.5. The van der Waals surface area contributed by atoms with E-state index in [1.54, 1.807) is 0 Å². The lowest BCUT2D eigenvalue weighted by Crippen LogP contribution is -2.30. The lowest BCUT2D eigenvalue weighted by molar-refractivity contribution is -0.167. The maximum absolute atomic E-state index is 12.9. The highest BCUT2D eigenvalue weighted by atomic mass is 16.6. The second-order valence-corrected chi connectivity index (χ2v) is 22.0. The van der Waals surface area contributed by atoms with Gasteiger partial charge in [-0.25, -0.2) is 0 Å². The number of unbranched alkanes of at least 4 members (excludes halogenated alkanes) is 39. The summed E-state index contributed by atoms with van der Waals surface area (Å²) in [7, 11) is 0. The molecule has 0 fully saturated rings. The predicted molar refractivity (Wildman–Crippen MR) is 325 cm³/mol. The molecule has 0 aromatic rings. The van der Waals surface area contributed by atoms with Crippen LogP contribution >= 0.6 is 0 Å². The second kappa shape index (κ2) is 63.6. The van der Waals surface area contributed by atoms with Crippen molar-refractivity contribution in [1.82, 2.24) is 0 Å². The summed E-state index contributed by atoms with van der Waals surface area (Å²) >= 11 is 0. The van der Waals surface area contributed by atoms with Crippen molar-refractivity contribution in [3.8, 4) is 0 Å². The number of carbonyl (C=O) groups excluding carboxylic acids is 3. The number of allylic oxidation sites excluding steroid dienone is 10. The fourth-order valence-electron chi connectivity index (χ4n) is 9.50. The van der Waals surface area contributed by atoms with Gasteiger partial charge in [0.05, 0.1) is 0 Å². The van der Waals surface area contributed by atoms with Crippen molar-refractivity contribution in [3.63, 3.8) is 0 Å². The fraction of sp³-hybridized carbons (Fsp3) is 0.812. The summed E-state index contributed by atoms with van der Waals surface area (Å²) in [5.41, 5.74) is 0. The van der Waals surface area contributed by atoms with Gasteiger partial charge < -0.3 is 14.2 Å². The van der Waals surface area contributed by atoms with E-state index in [0.29, 0.717) is 19.3 Å². The minimum atomic E-state index is -0.782. The molecule has 75 heavy (non-hydrogen) atoms. The molecule has 0 aromatic carbocycles. The van der Waals surface area contributed by atoms with Crippen molar-refractivity contribution in [2.45, 2.75) is 348 Å². The number of ether oxygens (including phenoxy) is 3. The zero-order chi connectivity index (χ0) is 54.3. The van der Waals surface area contributed by atoms with Crippen LogP contribution in [0.25, 0.3) is 0 Å². The molecule has 0 aliphatic carbocycles. The van der Waals surface area contributed by atoms with E-state index < -0.39 is 6.10 Å². The summed E-state index contributed by atoms with van der Waals surface area (Å²) in [6.45, 7) is 6.62. The van der Waals surface area contributed by atoms with Crippen LogP contribution in [0, 0.1) is 0 Å². The molecule has 0 saturated carbocycles. The highest BCUT2D eigenvalue weighted by molar-refractivity contribution is 5.71. The van der Waals surface area contributed by atoms with Gasteiger partial charge in [-0.3, -0.25) is 14.4 Å². The summed E-state index contributed by atoms with van der Waals surface area (Å²) in [6, 6.07) is 0. The first-order valence-corrected chi connectivity index (χ1v) is 32.8. The smallest absolute Gasteiger partial charge is 0.306 e. The van der Waals surface area contributed by atoms with Crippen molar-refractivity contribution in [2.24, 2.45) is 0 Å². The Morgan fingerprint density at radius 1 is 0.267 bits per heavy atom. The van der Waals surface area contributed by atoms with Gasteiger partial charge in [0.25, 0.3) is 0 Å². The van der Waals surface area contributed by atoms with Crippen molar-refractivity contribution in [3.05, 3.63) is 60.8 Å². The van der Waals surface area contributed by atoms with Gasteiger partial charge >= 0.3 is 17.9 Å². The van der Waals surface area contributed by atoms with Gasteiger partial charge in [0.1, 0.15) is 13.2 Å². The number of esters is 3. The van der Waals surface area contributed by atoms with Gasteiger partial charge in [-0.05, 0) is 109 Å². The summed E-state index contributed by atoms with van der Waals surface area (Å²) in [5.74, 6) is -0.878. The maximum Gasteiger partial charge on any atom is 0.306 e. The molecule has 0 aliphatic heterocycles. The van der Waals surface area contributed by atoms with Crippen LogP contribution in [0.3, 0.4) is 0 Å². The Balaban J connectivity index is 4.24. The van der Waals surface area contributed by atoms with E-state index in [4.69, 9.17) is 14.2 Å². The van der Waals surface area contributed by atoms with Crippen LogP contribution in [-0.2, 0) is 28.6 Å². The molecule has 0 rings (SSSR count). The first-order chi connectivity index (χ1) is 37.0. The van der Waals surface area contributed by atoms with E-state index >= 15 is 0 Å². The molecule has 0 saturated heterocycles. The van der Waals surface area contributed by atoms with E-state index in [1.807, 2.05) is 0 Å². The van der Waals surface area contributed by atoms with Gasteiger partial charge in [-0.1, -0.05) is 274 Å². The molecule has 1 unspecified atom stereocenters. The van der Waals surface area contributed by atoms with Gasteiger partial charge in [0.15, 0.2) is 6.10 Å². The topological polar surface area (TPSA) is 78.9 Å². The van der Waals surface area contributed by atoms with Gasteiger partial charge in [-0.15, -0.1) is 0 Å². The van der Waals surface area contributed by atoms with Crippen molar-refractivity contribution >= 4 is 17.9 Å². The third kappa shape index (κ3) is 61.8. The summed E-state index contributed by atoms with van der Waals surface area (Å²) in [4.78, 5) is 38.3. The quantitative estimate of drug-likeness (QED) is 0.0261. The first kappa shape index (κ1) is 72.1. The minimum absolute atomic E-state index is 0.0778. The molecule has 0 radical (unpaired) electrons. The van der Waals surface area contributed by atoms with Gasteiger partial charge in [0.2, 0.25) is 0 Å². The average Bonchev–Trinajstić information content (AvgIpc) is 3.41. The van der Waals surface area contributed by atoms with E-state index in [0.717, 1.165) is 83.5 Å². The zero-order valence-electron chi connectivity index (χ0n) is 50.1. The van der Waals surface area contributed by atoms with Crippen LogP contribution in [-0.4, -0.2) is 37.2 Å². The molecule has 0 aliphatic rings. The van der Waals surface area contributed by atoms with Crippen molar-refractivity contribution in [2.75, 3.05) is 13.2 Å². The summed E-state index contributed by atoms with van der Waals surface area (Å²) in [5, 5.41) is 0. The molecule has 0 heterocycles. The number of rotatable bonds is 60. The van der Waals surface area contributed by atoms with Crippen LogP contribution in [0.15, 0.2) is 60.8 Å². The van der Waals surface area contributed by atoms with Crippen LogP contribution in [0.4, 0.5) is 0 Å². The lowest BCUT2D eigenvalue weighted by atomic mass is 10.0. The predicted octanol–water partition coefficient (Wildman–Crippen LogP) is 22.3. The second-order valence-electron chi connectivity index (χ2n) is 22.0. The Hall–Kier alpha value is -2.89. The van der Waals surface area contributed by atoms with E-state index in [-0.39, 0.29) is 31.1 Å². The van der Waals surface area contributed by atoms with Gasteiger partial charge in [-0.2, -0.15) is 0 Å². The van der Waals surface area contributed by atoms with Crippen molar-refractivity contribution < 1.29 is 28.6 Å². The highest BCUT2D eigenvalue weighted by Gasteiger charge is 2.19. The average molecular weight is 1050 g/mol. The largest absolute Gasteiger partial charge is 0.462 e. The lowest BCUT2D eigenvalue weighted by Gasteiger charge is -2.18. The van der Waals surface area contributed by atoms with E-state index in [2.05, 4.69) is 81.5 Å². The molecular formula is C69H124O6. The van der Waals surface area contributed by atoms with Crippen LogP contribution in [0.1, 0.15) is 342 Å². The monoisotopic (exact) mass is 1050 g/mol. The van der Waals surface area contributed by atoms with E-state index in [9.17, 15) is 14.4 Å². The molecule has 0 bridgehead atoms. The molecule has 0 spiro atoms. The summed E-state index contributed by atoms with van der Waals surface area (Å²) in [6.07, 6.45) is 80.9. The Morgan fingerprint density at radius 3 is 0.787 bits per heavy atom. The SMILES string of the molecule is CCCCC/C=C\C/C=C\CCCCCCCCCC(=O)OC(COC(=O)CCCCCCC/C=C\CCCCCC)COC(=O)CCCCCCCCCCCCCCCCC/C=C\C/C=C\CCCCCCC. The number of hydrogen-bond acceptors (Lipinski definition) is 6. The molecule has 6 nitrogen and oxygen atoms in total. The maximum atomic E-state index is 12.9. The Labute approximate surface area is 466 Å². The highest BCUT2D eigenvalue weighted by Crippen LogP contribution is 2.17. The number of carbonyl (C=O) groups is 3. The van der Waals surface area contributed by atoms with Crippen LogP contribution in [0.5, 0.6) is 0 Å². The molecule has 6 heteroatoms. The molecule has 0 amide bonds. The Morgan fingerprint density at radius 2 is 0.480 bits per heavy atom. The van der Waals surface area contributed by atoms with E-state index in [1.165, 1.54) is 218 Å². The standard InChI is InChI=1S/C69H124O6/c1-4-7-10-13-16-19-22-25-27-29-30-31-32-33-34-35-36-37-38-40-41-44-47-50-53-56-59-62-68(71)74-65-66(64-73-67(70)61-58-55-52-49-46-43-24-21-18-15-12-9-6-3)75-69(72)63-60-57-54-51-48-45-42-39-28-26-23-20-17-14-11-8-5-2/h17,20-22,24-26,28-30,66H,4-16,18-19,23,27,31-65H2,1-3H3/b20-17-,24-21-,25-22-,28-26-,30-29-. The van der Waals surface area contributed by atoms with Crippen LogP contribution < -0.4 is 0 Å². The normalized spacial score (nSPS) is 12.4. The molecule has 436 valence electrons. The molecule has 1 atom stereocenters. The summed E-state index contributed by atoms with van der Waals surface area (Å²) < 4.78 is 16.9. The third-order valence-electron chi connectivity index (χ3n) is 14.5. The Kier molecular flexibility index (Phi) is 61.2. The fourth-order valence-corrected chi connectivity index (χ4v) is 9.50. The zero-order valence-corrected chi connectivity index (χ0v) is 50.1. The van der Waals surface area contributed by atoms with Crippen molar-refractivity contribution in [1.29, 1.82) is 0 Å². The minimum Gasteiger partial charge on any atom is -0.462 e. The molecule has 0 aromatic heterocycles. The first-order valence-electron chi connectivity index (χ1n) is 32.8. The van der Waals surface area contributed by atoms with Gasteiger partial charge in [0, 0.05) is 19.3 Å². The molecule has 0 N–H and O–H groups in total.